The molecule has 14 heavy (non-hydrogen) atoms. The standard InChI is InChI=1S/C9H12N2O2S/c1-7-11-8(6-14-7)5-10-4-3-9(12)13-2/h3-4,6,10H,5H2,1-2H3/b4-3+. The molecule has 0 amide bonds. The molecule has 0 atom stereocenters. The van der Waals surface area contributed by atoms with Gasteiger partial charge in [0, 0.05) is 17.7 Å². The number of carbonyl (C=O) groups is 1. The number of ether oxygens (including phenoxy) is 1. The van der Waals surface area contributed by atoms with Crippen LogP contribution in [0.2, 0.25) is 0 Å². The van der Waals surface area contributed by atoms with Gasteiger partial charge < -0.3 is 10.1 Å². The van der Waals surface area contributed by atoms with Gasteiger partial charge in [0.2, 0.25) is 0 Å². The van der Waals surface area contributed by atoms with Gasteiger partial charge in [-0.2, -0.15) is 0 Å². The Labute approximate surface area is 86.6 Å². The van der Waals surface area contributed by atoms with Crippen LogP contribution in [-0.4, -0.2) is 18.1 Å². The first-order valence-electron chi connectivity index (χ1n) is 4.11. The molecule has 0 fully saturated rings. The van der Waals surface area contributed by atoms with E-state index in [9.17, 15) is 4.79 Å². The zero-order valence-electron chi connectivity index (χ0n) is 8.11. The van der Waals surface area contributed by atoms with Crippen molar-refractivity contribution in [2.45, 2.75) is 13.5 Å². The van der Waals surface area contributed by atoms with Crippen molar-refractivity contribution in [3.05, 3.63) is 28.4 Å². The first-order valence-corrected chi connectivity index (χ1v) is 4.99. The van der Waals surface area contributed by atoms with Crippen LogP contribution in [0.25, 0.3) is 0 Å². The molecule has 76 valence electrons. The fourth-order valence-electron chi connectivity index (χ4n) is 0.848. The van der Waals surface area contributed by atoms with Crippen LogP contribution in [0.5, 0.6) is 0 Å². The number of rotatable bonds is 4. The lowest BCUT2D eigenvalue weighted by Gasteiger charge is -1.95. The molecule has 0 bridgehead atoms. The number of esters is 1. The Bertz CT molecular complexity index is 333. The number of thiazole rings is 1. The van der Waals surface area contributed by atoms with E-state index in [1.165, 1.54) is 13.2 Å². The van der Waals surface area contributed by atoms with Crippen LogP contribution in [0.1, 0.15) is 10.7 Å². The third-order valence-corrected chi connectivity index (χ3v) is 2.31. The zero-order chi connectivity index (χ0) is 10.4. The van der Waals surface area contributed by atoms with Crippen LogP contribution in [-0.2, 0) is 16.1 Å². The maximum absolute atomic E-state index is 10.7. The maximum Gasteiger partial charge on any atom is 0.331 e. The van der Waals surface area contributed by atoms with Gasteiger partial charge in [-0.1, -0.05) is 0 Å². The Morgan fingerprint density at radius 2 is 2.57 bits per heavy atom. The van der Waals surface area contributed by atoms with E-state index in [1.54, 1.807) is 17.5 Å². The Morgan fingerprint density at radius 3 is 3.14 bits per heavy atom. The number of nitrogens with zero attached hydrogens (tertiary/aromatic N) is 1. The molecular weight excluding hydrogens is 200 g/mol. The summed E-state index contributed by atoms with van der Waals surface area (Å²) in [5, 5.41) is 5.96. The quantitative estimate of drug-likeness (QED) is 0.602. The average Bonchev–Trinajstić information content (AvgIpc) is 2.58. The minimum absolute atomic E-state index is 0.369. The van der Waals surface area contributed by atoms with Crippen LogP contribution >= 0.6 is 11.3 Å². The summed E-state index contributed by atoms with van der Waals surface area (Å²) in [4.78, 5) is 14.9. The van der Waals surface area contributed by atoms with E-state index in [2.05, 4.69) is 15.0 Å². The SMILES string of the molecule is COC(=O)/C=C/NCc1csc(C)n1. The van der Waals surface area contributed by atoms with Crippen molar-refractivity contribution in [3.63, 3.8) is 0 Å². The van der Waals surface area contributed by atoms with E-state index in [-0.39, 0.29) is 5.97 Å². The predicted molar refractivity (Wildman–Crippen MR) is 54.8 cm³/mol. The number of aryl methyl sites for hydroxylation is 1. The van der Waals surface area contributed by atoms with Gasteiger partial charge in [-0.3, -0.25) is 0 Å². The molecule has 1 aromatic heterocycles. The van der Waals surface area contributed by atoms with Crippen LogP contribution in [0.15, 0.2) is 17.7 Å². The highest BCUT2D eigenvalue weighted by molar-refractivity contribution is 7.09. The van der Waals surface area contributed by atoms with Crippen LogP contribution in [0, 0.1) is 6.92 Å². The van der Waals surface area contributed by atoms with Crippen molar-refractivity contribution in [2.24, 2.45) is 0 Å². The van der Waals surface area contributed by atoms with E-state index in [0.29, 0.717) is 6.54 Å². The molecule has 0 saturated carbocycles. The van der Waals surface area contributed by atoms with E-state index in [0.717, 1.165) is 10.7 Å². The fourth-order valence-corrected chi connectivity index (χ4v) is 1.46. The maximum atomic E-state index is 10.7. The average molecular weight is 212 g/mol. The third kappa shape index (κ3) is 3.57. The normalized spacial score (nSPS) is 10.4. The summed E-state index contributed by atoms with van der Waals surface area (Å²) in [7, 11) is 1.34. The topological polar surface area (TPSA) is 51.2 Å². The molecule has 0 saturated heterocycles. The summed E-state index contributed by atoms with van der Waals surface area (Å²) in [6, 6.07) is 0. The Kier molecular flexibility index (Phi) is 4.12. The monoisotopic (exact) mass is 212 g/mol. The summed E-state index contributed by atoms with van der Waals surface area (Å²) < 4.78 is 4.43. The Hall–Kier alpha value is -1.36. The lowest BCUT2D eigenvalue weighted by Crippen LogP contribution is -2.06. The second-order valence-corrected chi connectivity index (χ2v) is 3.66. The van der Waals surface area contributed by atoms with Gasteiger partial charge in [-0.15, -0.1) is 11.3 Å². The van der Waals surface area contributed by atoms with Crippen molar-refractivity contribution in [1.29, 1.82) is 0 Å². The first-order chi connectivity index (χ1) is 6.72. The number of hydrogen-bond donors (Lipinski definition) is 1. The lowest BCUT2D eigenvalue weighted by molar-refractivity contribution is -0.134. The van der Waals surface area contributed by atoms with Crippen molar-refractivity contribution >= 4 is 17.3 Å². The Balaban J connectivity index is 2.28. The predicted octanol–water partition coefficient (Wildman–Crippen LogP) is 1.23. The van der Waals surface area contributed by atoms with E-state index in [1.807, 2.05) is 12.3 Å². The van der Waals surface area contributed by atoms with Gasteiger partial charge in [0.05, 0.1) is 24.4 Å². The Morgan fingerprint density at radius 1 is 1.79 bits per heavy atom. The number of hydrogen-bond acceptors (Lipinski definition) is 5. The fraction of sp³-hybridized carbons (Fsp3) is 0.333. The van der Waals surface area contributed by atoms with Crippen molar-refractivity contribution in [1.82, 2.24) is 10.3 Å². The number of methoxy groups -OCH3 is 1. The van der Waals surface area contributed by atoms with Gasteiger partial charge in [0.25, 0.3) is 0 Å². The highest BCUT2D eigenvalue weighted by atomic mass is 32.1. The molecule has 0 aromatic carbocycles. The molecule has 5 heteroatoms. The minimum atomic E-state index is -0.369. The third-order valence-electron chi connectivity index (χ3n) is 1.49. The molecule has 0 aliphatic heterocycles. The second-order valence-electron chi connectivity index (χ2n) is 2.60. The van der Waals surface area contributed by atoms with Crippen LogP contribution in [0.3, 0.4) is 0 Å². The number of nitrogens with one attached hydrogen (secondary N) is 1. The lowest BCUT2D eigenvalue weighted by atomic mass is 10.5. The molecule has 0 spiro atoms. The van der Waals surface area contributed by atoms with E-state index < -0.39 is 0 Å². The smallest absolute Gasteiger partial charge is 0.331 e. The molecule has 0 unspecified atom stereocenters. The highest BCUT2D eigenvalue weighted by Gasteiger charge is 1.95. The van der Waals surface area contributed by atoms with Crippen molar-refractivity contribution in [2.75, 3.05) is 7.11 Å². The van der Waals surface area contributed by atoms with Crippen molar-refractivity contribution < 1.29 is 9.53 Å². The highest BCUT2D eigenvalue weighted by Crippen LogP contribution is 2.06. The molecule has 1 aromatic rings. The molecule has 1 heterocycles. The van der Waals surface area contributed by atoms with E-state index >= 15 is 0 Å². The van der Waals surface area contributed by atoms with Crippen LogP contribution < -0.4 is 5.32 Å². The first kappa shape index (κ1) is 10.7. The van der Waals surface area contributed by atoms with Gasteiger partial charge >= 0.3 is 5.97 Å². The molecule has 4 nitrogen and oxygen atoms in total. The molecule has 0 aliphatic rings. The molecule has 1 rings (SSSR count). The molecule has 0 radical (unpaired) electrons. The summed E-state index contributed by atoms with van der Waals surface area (Å²) in [5.41, 5.74) is 0.974. The number of carbonyl (C=O) groups excluding carboxylic acids is 1. The number of aromatic nitrogens is 1. The summed E-state index contributed by atoms with van der Waals surface area (Å²) in [6.07, 6.45) is 2.89. The minimum Gasteiger partial charge on any atom is -0.466 e. The van der Waals surface area contributed by atoms with Crippen molar-refractivity contribution in [3.8, 4) is 0 Å². The zero-order valence-corrected chi connectivity index (χ0v) is 8.93. The molecule has 1 N–H and O–H groups in total. The van der Waals surface area contributed by atoms with Gasteiger partial charge in [-0.05, 0) is 6.92 Å². The molecule has 0 aliphatic carbocycles. The summed E-state index contributed by atoms with van der Waals surface area (Å²) in [6.45, 7) is 2.58. The van der Waals surface area contributed by atoms with E-state index in [4.69, 9.17) is 0 Å². The van der Waals surface area contributed by atoms with Gasteiger partial charge in [0.15, 0.2) is 0 Å². The van der Waals surface area contributed by atoms with Gasteiger partial charge in [-0.25, -0.2) is 9.78 Å². The summed E-state index contributed by atoms with van der Waals surface area (Å²) in [5.74, 6) is -0.369. The second kappa shape index (κ2) is 5.39. The molecular formula is C9H12N2O2S. The van der Waals surface area contributed by atoms with Gasteiger partial charge in [0.1, 0.15) is 0 Å². The van der Waals surface area contributed by atoms with Crippen LogP contribution in [0.4, 0.5) is 0 Å². The largest absolute Gasteiger partial charge is 0.466 e. The summed E-state index contributed by atoms with van der Waals surface area (Å²) >= 11 is 1.61.